The van der Waals surface area contributed by atoms with Crippen LogP contribution in [-0.4, -0.2) is 37.8 Å². The summed E-state index contributed by atoms with van der Waals surface area (Å²) in [6, 6.07) is 17.5. The number of ether oxygens (including phenoxy) is 1. The second kappa shape index (κ2) is 9.32. The van der Waals surface area contributed by atoms with Crippen molar-refractivity contribution in [2.45, 2.75) is 0 Å². The van der Waals surface area contributed by atoms with Crippen molar-refractivity contribution in [2.75, 3.05) is 25.6 Å². The predicted octanol–water partition coefficient (Wildman–Crippen LogP) is 3.50. The van der Waals surface area contributed by atoms with Gasteiger partial charge >= 0.3 is 0 Å². The zero-order valence-electron chi connectivity index (χ0n) is 15.9. The predicted molar refractivity (Wildman–Crippen MR) is 114 cm³/mol. The molecule has 0 unspecified atom stereocenters. The van der Waals surface area contributed by atoms with Crippen LogP contribution in [0.2, 0.25) is 0 Å². The Balaban J connectivity index is 1.47. The van der Waals surface area contributed by atoms with Gasteiger partial charge in [-0.1, -0.05) is 36.4 Å². The number of aromatic nitrogens is 1. The summed E-state index contributed by atoms with van der Waals surface area (Å²) in [5, 5.41) is 4.85. The molecule has 0 radical (unpaired) electrons. The zero-order chi connectivity index (χ0) is 19.8. The van der Waals surface area contributed by atoms with E-state index in [1.807, 2.05) is 73.6 Å². The van der Waals surface area contributed by atoms with E-state index in [4.69, 9.17) is 4.74 Å². The van der Waals surface area contributed by atoms with Gasteiger partial charge in [-0.3, -0.25) is 9.78 Å². The number of amides is 1. The topological polar surface area (TPSA) is 66.8 Å². The number of carbonyl (C=O) groups excluding carboxylic acids is 1. The molecule has 0 aliphatic heterocycles. The standard InChI is InChI=1S/C22H22N4O2/c1-26(2)19-12-10-17(11-13-19)6-4-15-24-25-21(27)16-28-20-9-3-7-18-8-5-14-23-22(18)20/h3-15H,16H2,1-2H3,(H,25,27)/b6-4+,24-15+. The van der Waals surface area contributed by atoms with Gasteiger partial charge in [0, 0.05) is 37.6 Å². The highest BCUT2D eigenvalue weighted by molar-refractivity contribution is 5.85. The van der Waals surface area contributed by atoms with Gasteiger partial charge in [0.2, 0.25) is 0 Å². The Bertz CT molecular complexity index is 990. The molecule has 1 N–H and O–H groups in total. The molecule has 28 heavy (non-hydrogen) atoms. The average Bonchev–Trinajstić information content (AvgIpc) is 2.72. The van der Waals surface area contributed by atoms with E-state index in [1.165, 1.54) is 6.21 Å². The van der Waals surface area contributed by atoms with Crippen LogP contribution in [-0.2, 0) is 4.79 Å². The zero-order valence-corrected chi connectivity index (χ0v) is 15.9. The number of hydrogen-bond donors (Lipinski definition) is 1. The van der Waals surface area contributed by atoms with Crippen LogP contribution in [0.1, 0.15) is 5.56 Å². The molecule has 3 aromatic rings. The van der Waals surface area contributed by atoms with Crippen LogP contribution in [0.4, 0.5) is 5.69 Å². The van der Waals surface area contributed by atoms with Crippen LogP contribution in [0, 0.1) is 0 Å². The highest BCUT2D eigenvalue weighted by Crippen LogP contribution is 2.22. The summed E-state index contributed by atoms with van der Waals surface area (Å²) in [5.41, 5.74) is 5.35. The molecule has 0 fully saturated rings. The molecular weight excluding hydrogens is 352 g/mol. The molecular formula is C22H22N4O2. The van der Waals surface area contributed by atoms with Gasteiger partial charge in [0.15, 0.2) is 6.61 Å². The summed E-state index contributed by atoms with van der Waals surface area (Å²) in [5.74, 6) is 0.228. The molecule has 6 nitrogen and oxygen atoms in total. The Morgan fingerprint density at radius 1 is 1.14 bits per heavy atom. The maximum atomic E-state index is 11.9. The van der Waals surface area contributed by atoms with E-state index in [1.54, 1.807) is 18.3 Å². The molecule has 0 saturated heterocycles. The molecule has 6 heteroatoms. The third-order valence-corrected chi connectivity index (χ3v) is 4.00. The fourth-order valence-corrected chi connectivity index (χ4v) is 2.56. The molecule has 3 rings (SSSR count). The molecule has 0 bridgehead atoms. The third-order valence-electron chi connectivity index (χ3n) is 4.00. The van der Waals surface area contributed by atoms with Crippen molar-refractivity contribution in [3.8, 4) is 5.75 Å². The number of allylic oxidation sites excluding steroid dienone is 1. The molecule has 1 amide bonds. The highest BCUT2D eigenvalue weighted by Gasteiger charge is 2.05. The van der Waals surface area contributed by atoms with Crippen LogP contribution in [0.15, 0.2) is 72.0 Å². The summed E-state index contributed by atoms with van der Waals surface area (Å²) >= 11 is 0. The lowest BCUT2D eigenvalue weighted by molar-refractivity contribution is -0.123. The number of hydrazone groups is 1. The maximum Gasteiger partial charge on any atom is 0.277 e. The quantitative estimate of drug-likeness (QED) is 0.508. The molecule has 1 aromatic heterocycles. The second-order valence-corrected chi connectivity index (χ2v) is 6.28. The number of benzene rings is 2. The van der Waals surface area contributed by atoms with Crippen molar-refractivity contribution in [1.29, 1.82) is 0 Å². The highest BCUT2D eigenvalue weighted by atomic mass is 16.5. The lowest BCUT2D eigenvalue weighted by atomic mass is 10.2. The van der Waals surface area contributed by atoms with E-state index in [-0.39, 0.29) is 12.5 Å². The van der Waals surface area contributed by atoms with E-state index < -0.39 is 0 Å². The van der Waals surface area contributed by atoms with Crippen LogP contribution in [0.3, 0.4) is 0 Å². The first-order valence-electron chi connectivity index (χ1n) is 8.86. The van der Waals surface area contributed by atoms with Crippen molar-refractivity contribution >= 4 is 34.8 Å². The van der Waals surface area contributed by atoms with Gasteiger partial charge in [-0.15, -0.1) is 0 Å². The summed E-state index contributed by atoms with van der Waals surface area (Å²) in [6.45, 7) is -0.136. The Labute approximate surface area is 164 Å². The van der Waals surface area contributed by atoms with Crippen molar-refractivity contribution in [3.05, 3.63) is 72.4 Å². The minimum Gasteiger partial charge on any atom is -0.481 e. The number of para-hydroxylation sites is 1. The van der Waals surface area contributed by atoms with E-state index in [9.17, 15) is 4.79 Å². The Morgan fingerprint density at radius 2 is 1.93 bits per heavy atom. The number of fused-ring (bicyclic) bond motifs is 1. The fraction of sp³-hybridized carbons (Fsp3) is 0.136. The molecule has 0 spiro atoms. The van der Waals surface area contributed by atoms with Gasteiger partial charge in [-0.05, 0) is 35.9 Å². The van der Waals surface area contributed by atoms with Crippen molar-refractivity contribution in [3.63, 3.8) is 0 Å². The maximum absolute atomic E-state index is 11.9. The van der Waals surface area contributed by atoms with Crippen LogP contribution < -0.4 is 15.1 Å². The van der Waals surface area contributed by atoms with Gasteiger partial charge in [-0.2, -0.15) is 5.10 Å². The minimum absolute atomic E-state index is 0.136. The SMILES string of the molecule is CN(C)c1ccc(/C=C/C=N/NC(=O)COc2cccc3cccnc23)cc1. The van der Waals surface area contributed by atoms with Crippen LogP contribution in [0.25, 0.3) is 17.0 Å². The van der Waals surface area contributed by atoms with Crippen LogP contribution in [0.5, 0.6) is 5.75 Å². The third kappa shape index (κ3) is 5.17. The van der Waals surface area contributed by atoms with Crippen molar-refractivity contribution < 1.29 is 9.53 Å². The molecule has 0 aliphatic carbocycles. The fourth-order valence-electron chi connectivity index (χ4n) is 2.56. The number of nitrogens with zero attached hydrogens (tertiary/aromatic N) is 3. The van der Waals surface area contributed by atoms with Gasteiger partial charge in [0.25, 0.3) is 5.91 Å². The van der Waals surface area contributed by atoms with E-state index in [0.29, 0.717) is 5.75 Å². The first-order chi connectivity index (χ1) is 13.6. The lowest BCUT2D eigenvalue weighted by Crippen LogP contribution is -2.24. The summed E-state index contributed by atoms with van der Waals surface area (Å²) < 4.78 is 5.57. The van der Waals surface area contributed by atoms with E-state index in [0.717, 1.165) is 22.2 Å². The number of pyridine rings is 1. The largest absolute Gasteiger partial charge is 0.481 e. The molecule has 0 saturated carbocycles. The van der Waals surface area contributed by atoms with E-state index in [2.05, 4.69) is 15.5 Å². The van der Waals surface area contributed by atoms with Crippen LogP contribution >= 0.6 is 0 Å². The molecule has 142 valence electrons. The van der Waals surface area contributed by atoms with Gasteiger partial charge in [-0.25, -0.2) is 5.43 Å². The number of hydrogen-bond acceptors (Lipinski definition) is 5. The Kier molecular flexibility index (Phi) is 6.36. The Morgan fingerprint density at radius 3 is 2.71 bits per heavy atom. The minimum atomic E-state index is -0.340. The second-order valence-electron chi connectivity index (χ2n) is 6.28. The number of rotatable bonds is 7. The smallest absolute Gasteiger partial charge is 0.277 e. The van der Waals surface area contributed by atoms with Gasteiger partial charge in [0.05, 0.1) is 0 Å². The first kappa shape index (κ1) is 19.1. The average molecular weight is 374 g/mol. The summed E-state index contributed by atoms with van der Waals surface area (Å²) in [4.78, 5) is 18.2. The normalized spacial score (nSPS) is 11.2. The number of anilines is 1. The number of carbonyl (C=O) groups is 1. The van der Waals surface area contributed by atoms with Crippen molar-refractivity contribution in [1.82, 2.24) is 10.4 Å². The molecule has 0 aliphatic rings. The Hall–Kier alpha value is -3.67. The summed E-state index contributed by atoms with van der Waals surface area (Å²) in [7, 11) is 4.00. The monoisotopic (exact) mass is 374 g/mol. The molecule has 2 aromatic carbocycles. The lowest BCUT2D eigenvalue weighted by Gasteiger charge is -2.11. The van der Waals surface area contributed by atoms with Gasteiger partial charge < -0.3 is 9.64 Å². The number of nitrogens with one attached hydrogen (secondary N) is 1. The molecule has 0 atom stereocenters. The summed E-state index contributed by atoms with van der Waals surface area (Å²) in [6.07, 6.45) is 6.89. The van der Waals surface area contributed by atoms with Crippen molar-refractivity contribution in [2.24, 2.45) is 5.10 Å². The van der Waals surface area contributed by atoms with E-state index >= 15 is 0 Å². The first-order valence-corrected chi connectivity index (χ1v) is 8.86. The molecule has 1 heterocycles. The van der Waals surface area contributed by atoms with Gasteiger partial charge in [0.1, 0.15) is 11.3 Å².